The standard InChI is InChI=1S/C25H18Cl2N2O2/c1-30-20-5-8-25(31-2)17(12-20)11-16(15-28)9-10-29-23-6-3-18(26)13-21(23)22-14-19(27)4-7-24(22)29/h3-14H,1-2H3/b10-9-,16-11-. The van der Waals surface area contributed by atoms with Crippen molar-refractivity contribution in [2.45, 2.75) is 0 Å². The van der Waals surface area contributed by atoms with E-state index in [2.05, 4.69) is 6.07 Å². The molecule has 0 fully saturated rings. The number of methoxy groups -OCH3 is 2. The highest BCUT2D eigenvalue weighted by Crippen LogP contribution is 2.33. The number of aromatic nitrogens is 1. The van der Waals surface area contributed by atoms with E-state index in [0.717, 1.165) is 27.4 Å². The Labute approximate surface area is 190 Å². The van der Waals surface area contributed by atoms with Crippen LogP contribution in [0.1, 0.15) is 5.56 Å². The number of hydrogen-bond acceptors (Lipinski definition) is 3. The molecule has 0 saturated heterocycles. The van der Waals surface area contributed by atoms with Crippen LogP contribution in [0, 0.1) is 11.3 Å². The van der Waals surface area contributed by atoms with Crippen LogP contribution in [0.4, 0.5) is 0 Å². The van der Waals surface area contributed by atoms with Crippen LogP contribution in [0.2, 0.25) is 10.0 Å². The molecule has 0 amide bonds. The average Bonchev–Trinajstić information content (AvgIpc) is 3.08. The van der Waals surface area contributed by atoms with E-state index in [1.165, 1.54) is 0 Å². The number of ether oxygens (including phenoxy) is 2. The molecule has 0 spiro atoms. The summed E-state index contributed by atoms with van der Waals surface area (Å²) in [5, 5.41) is 13.0. The fraction of sp³-hybridized carbons (Fsp3) is 0.0800. The number of benzene rings is 3. The lowest BCUT2D eigenvalue weighted by molar-refractivity contribution is 0.402. The number of fused-ring (bicyclic) bond motifs is 3. The molecule has 0 aliphatic heterocycles. The molecule has 0 atom stereocenters. The third kappa shape index (κ3) is 4.11. The predicted octanol–water partition coefficient (Wildman–Crippen LogP) is 7.20. The van der Waals surface area contributed by atoms with E-state index in [9.17, 15) is 5.26 Å². The molecular weight excluding hydrogens is 431 g/mol. The Morgan fingerprint density at radius 3 is 2.10 bits per heavy atom. The van der Waals surface area contributed by atoms with Crippen molar-refractivity contribution in [3.8, 4) is 17.6 Å². The van der Waals surface area contributed by atoms with Crippen LogP contribution in [-0.2, 0) is 0 Å². The van der Waals surface area contributed by atoms with E-state index < -0.39 is 0 Å². The molecule has 6 heteroatoms. The predicted molar refractivity (Wildman–Crippen MR) is 128 cm³/mol. The number of halogens is 2. The summed E-state index contributed by atoms with van der Waals surface area (Å²) in [7, 11) is 3.19. The first kappa shape index (κ1) is 20.9. The van der Waals surface area contributed by atoms with Gasteiger partial charge in [-0.15, -0.1) is 0 Å². The van der Waals surface area contributed by atoms with Crippen LogP contribution in [0.5, 0.6) is 11.5 Å². The Bertz CT molecular complexity index is 1340. The molecule has 4 aromatic rings. The second-order valence-electron chi connectivity index (χ2n) is 6.83. The first-order valence-corrected chi connectivity index (χ1v) is 10.2. The smallest absolute Gasteiger partial charge is 0.126 e. The molecule has 154 valence electrons. The van der Waals surface area contributed by atoms with E-state index >= 15 is 0 Å². The maximum Gasteiger partial charge on any atom is 0.126 e. The highest BCUT2D eigenvalue weighted by molar-refractivity contribution is 6.33. The molecule has 1 aromatic heterocycles. The molecule has 4 rings (SSSR count). The molecule has 3 aromatic carbocycles. The zero-order valence-electron chi connectivity index (χ0n) is 16.9. The van der Waals surface area contributed by atoms with E-state index in [4.69, 9.17) is 32.7 Å². The van der Waals surface area contributed by atoms with E-state index in [-0.39, 0.29) is 0 Å². The number of allylic oxidation sites excluding steroid dienone is 2. The van der Waals surface area contributed by atoms with Gasteiger partial charge in [-0.3, -0.25) is 0 Å². The van der Waals surface area contributed by atoms with Crippen LogP contribution in [0.25, 0.3) is 34.1 Å². The third-order valence-electron chi connectivity index (χ3n) is 5.01. The van der Waals surface area contributed by atoms with Crippen molar-refractivity contribution in [1.82, 2.24) is 4.57 Å². The maximum absolute atomic E-state index is 9.72. The minimum atomic E-state index is 0.462. The minimum Gasteiger partial charge on any atom is -0.497 e. The highest BCUT2D eigenvalue weighted by atomic mass is 35.5. The second kappa shape index (κ2) is 8.77. The molecule has 0 saturated carbocycles. The second-order valence-corrected chi connectivity index (χ2v) is 7.70. The first-order valence-electron chi connectivity index (χ1n) is 9.45. The fourth-order valence-electron chi connectivity index (χ4n) is 3.55. The largest absolute Gasteiger partial charge is 0.497 e. The van der Waals surface area contributed by atoms with Crippen molar-refractivity contribution >= 4 is 57.3 Å². The molecule has 4 nitrogen and oxygen atoms in total. The summed E-state index contributed by atoms with van der Waals surface area (Å²) in [6, 6.07) is 19.1. The zero-order valence-corrected chi connectivity index (χ0v) is 18.4. The summed E-state index contributed by atoms with van der Waals surface area (Å²) < 4.78 is 12.7. The summed E-state index contributed by atoms with van der Waals surface area (Å²) in [4.78, 5) is 0. The lowest BCUT2D eigenvalue weighted by Crippen LogP contribution is -1.90. The highest BCUT2D eigenvalue weighted by Gasteiger charge is 2.10. The van der Waals surface area contributed by atoms with Crippen molar-refractivity contribution in [3.05, 3.63) is 81.9 Å². The molecule has 0 aliphatic rings. The van der Waals surface area contributed by atoms with Gasteiger partial charge in [0.05, 0.1) is 36.9 Å². The summed E-state index contributed by atoms with van der Waals surface area (Å²) >= 11 is 12.5. The van der Waals surface area contributed by atoms with Gasteiger partial charge in [0.25, 0.3) is 0 Å². The Morgan fingerprint density at radius 1 is 0.903 bits per heavy atom. The Morgan fingerprint density at radius 2 is 1.55 bits per heavy atom. The molecule has 31 heavy (non-hydrogen) atoms. The first-order chi connectivity index (χ1) is 15.0. The SMILES string of the molecule is COc1ccc(OC)c(/C=C(C#N)/C=C\n2c3ccc(Cl)cc3c3cc(Cl)ccc32)c1. The van der Waals surface area contributed by atoms with Gasteiger partial charge in [0, 0.05) is 32.6 Å². The fourth-order valence-corrected chi connectivity index (χ4v) is 3.89. The van der Waals surface area contributed by atoms with Crippen LogP contribution in [0.15, 0.2) is 66.2 Å². The molecule has 0 radical (unpaired) electrons. The van der Waals surface area contributed by atoms with Gasteiger partial charge in [-0.2, -0.15) is 5.26 Å². The van der Waals surface area contributed by atoms with Gasteiger partial charge in [0.1, 0.15) is 11.5 Å². The lowest BCUT2D eigenvalue weighted by atomic mass is 10.1. The topological polar surface area (TPSA) is 47.2 Å². The summed E-state index contributed by atoms with van der Waals surface area (Å²) in [5.74, 6) is 1.34. The van der Waals surface area contributed by atoms with Gasteiger partial charge in [0.2, 0.25) is 0 Å². The number of rotatable bonds is 5. The van der Waals surface area contributed by atoms with Gasteiger partial charge in [-0.25, -0.2) is 0 Å². The number of nitrogens with zero attached hydrogens (tertiary/aromatic N) is 2. The summed E-state index contributed by atoms with van der Waals surface area (Å²) in [5.41, 5.74) is 3.15. The maximum atomic E-state index is 9.72. The van der Waals surface area contributed by atoms with E-state index in [1.807, 2.05) is 65.4 Å². The Balaban J connectivity index is 1.84. The van der Waals surface area contributed by atoms with E-state index in [1.54, 1.807) is 26.4 Å². The van der Waals surface area contributed by atoms with Crippen LogP contribution >= 0.6 is 23.2 Å². The van der Waals surface area contributed by atoms with Gasteiger partial charge >= 0.3 is 0 Å². The molecule has 0 unspecified atom stereocenters. The van der Waals surface area contributed by atoms with Crippen molar-refractivity contribution < 1.29 is 9.47 Å². The normalized spacial score (nSPS) is 11.9. The molecule has 0 N–H and O–H groups in total. The van der Waals surface area contributed by atoms with Crippen LogP contribution < -0.4 is 9.47 Å². The number of nitriles is 1. The van der Waals surface area contributed by atoms with Gasteiger partial charge in [-0.1, -0.05) is 23.2 Å². The quantitative estimate of drug-likeness (QED) is 0.239. The summed E-state index contributed by atoms with van der Waals surface area (Å²) in [6.07, 6.45) is 5.40. The Hall–Kier alpha value is -3.39. The average molecular weight is 449 g/mol. The van der Waals surface area contributed by atoms with Crippen LogP contribution in [0.3, 0.4) is 0 Å². The lowest BCUT2D eigenvalue weighted by Gasteiger charge is -2.07. The molecule has 0 aliphatic carbocycles. The minimum absolute atomic E-state index is 0.462. The monoisotopic (exact) mass is 448 g/mol. The molecule has 1 heterocycles. The zero-order chi connectivity index (χ0) is 22.0. The third-order valence-corrected chi connectivity index (χ3v) is 5.48. The van der Waals surface area contributed by atoms with Gasteiger partial charge < -0.3 is 14.0 Å². The molecule has 0 bridgehead atoms. The van der Waals surface area contributed by atoms with Crippen molar-refractivity contribution in [1.29, 1.82) is 5.26 Å². The van der Waals surface area contributed by atoms with Gasteiger partial charge in [0.15, 0.2) is 0 Å². The summed E-state index contributed by atoms with van der Waals surface area (Å²) in [6.45, 7) is 0. The van der Waals surface area contributed by atoms with Gasteiger partial charge in [-0.05, 0) is 66.7 Å². The van der Waals surface area contributed by atoms with Crippen molar-refractivity contribution in [2.24, 2.45) is 0 Å². The van der Waals surface area contributed by atoms with Crippen molar-refractivity contribution in [2.75, 3.05) is 14.2 Å². The van der Waals surface area contributed by atoms with E-state index in [0.29, 0.717) is 27.1 Å². The Kier molecular flexibility index (Phi) is 5.90. The molecular formula is C25H18Cl2N2O2. The van der Waals surface area contributed by atoms with Crippen LogP contribution in [-0.4, -0.2) is 18.8 Å². The van der Waals surface area contributed by atoms with Crippen molar-refractivity contribution in [3.63, 3.8) is 0 Å². The number of hydrogen-bond donors (Lipinski definition) is 0.